The molecule has 0 saturated carbocycles. The number of hydrogen-bond donors (Lipinski definition) is 0. The molecule has 0 fully saturated rings. The summed E-state index contributed by atoms with van der Waals surface area (Å²) in [5, 5.41) is 0. The highest BCUT2D eigenvalue weighted by molar-refractivity contribution is 5.93. The van der Waals surface area contributed by atoms with Crippen molar-refractivity contribution in [3.8, 4) is 22.3 Å². The summed E-state index contributed by atoms with van der Waals surface area (Å²) in [6, 6.07) is 35.9. The molecule has 0 spiro atoms. The quantitative estimate of drug-likeness (QED) is 0.181. The summed E-state index contributed by atoms with van der Waals surface area (Å²) in [4.78, 5) is 2.55. The van der Waals surface area contributed by atoms with Crippen LogP contribution in [0.4, 0.5) is 17.1 Å². The Labute approximate surface area is 319 Å². The Kier molecular flexibility index (Phi) is 7.04. The molecule has 5 aromatic rings. The zero-order valence-electron chi connectivity index (χ0n) is 34.4. The largest absolute Gasteiger partial charge is 0.310 e. The molecule has 1 nitrogen and oxygen atoms in total. The van der Waals surface area contributed by atoms with Crippen molar-refractivity contribution in [2.24, 2.45) is 0 Å². The first-order chi connectivity index (χ1) is 24.8. The third-order valence-corrected chi connectivity index (χ3v) is 14.8. The molecule has 0 amide bonds. The topological polar surface area (TPSA) is 3.24 Å². The predicted molar refractivity (Wildman–Crippen MR) is 227 cm³/mol. The molecule has 0 unspecified atom stereocenters. The lowest BCUT2D eigenvalue weighted by molar-refractivity contribution is 0.331. The molecule has 4 aliphatic carbocycles. The Morgan fingerprint density at radius 1 is 0.358 bits per heavy atom. The molecular weight excluding hydrogens is 639 g/mol. The van der Waals surface area contributed by atoms with E-state index in [1.54, 1.807) is 11.1 Å². The van der Waals surface area contributed by atoms with Gasteiger partial charge in [-0.15, -0.1) is 0 Å². The van der Waals surface area contributed by atoms with Gasteiger partial charge in [-0.25, -0.2) is 0 Å². The van der Waals surface area contributed by atoms with E-state index in [0.717, 1.165) is 0 Å². The van der Waals surface area contributed by atoms with Gasteiger partial charge in [0.15, 0.2) is 0 Å². The number of fused-ring (bicyclic) bond motifs is 8. The van der Waals surface area contributed by atoms with Crippen LogP contribution < -0.4 is 4.90 Å². The van der Waals surface area contributed by atoms with Crippen LogP contribution in [0.3, 0.4) is 0 Å². The van der Waals surface area contributed by atoms with Crippen molar-refractivity contribution in [2.75, 3.05) is 4.90 Å². The van der Waals surface area contributed by atoms with Crippen LogP contribution in [0.1, 0.15) is 153 Å². The first-order valence-corrected chi connectivity index (χ1v) is 20.3. The summed E-state index contributed by atoms with van der Waals surface area (Å²) in [5.41, 5.74) is 21.7. The molecule has 0 bridgehead atoms. The zero-order valence-corrected chi connectivity index (χ0v) is 34.4. The molecule has 53 heavy (non-hydrogen) atoms. The Hall–Kier alpha value is -4.10. The molecule has 5 aromatic carbocycles. The van der Waals surface area contributed by atoms with Crippen LogP contribution in [0.5, 0.6) is 0 Å². The number of nitrogens with zero attached hydrogens (tertiary/aromatic N) is 1. The van der Waals surface area contributed by atoms with Crippen molar-refractivity contribution in [3.63, 3.8) is 0 Å². The van der Waals surface area contributed by atoms with E-state index in [1.165, 1.54) is 98.4 Å². The minimum Gasteiger partial charge on any atom is -0.310 e. The van der Waals surface area contributed by atoms with Gasteiger partial charge < -0.3 is 4.90 Å². The fraction of sp³-hybridized carbons (Fsp3) is 0.423. The maximum atomic E-state index is 2.61. The maximum Gasteiger partial charge on any atom is 0.0508 e. The highest BCUT2D eigenvalue weighted by Gasteiger charge is 2.45. The van der Waals surface area contributed by atoms with Crippen molar-refractivity contribution in [3.05, 3.63) is 136 Å². The van der Waals surface area contributed by atoms with Gasteiger partial charge in [0.2, 0.25) is 0 Å². The number of anilines is 3. The van der Waals surface area contributed by atoms with E-state index in [0.29, 0.717) is 0 Å². The summed E-state index contributed by atoms with van der Waals surface area (Å²) >= 11 is 0. The second-order valence-electron chi connectivity index (χ2n) is 20.8. The van der Waals surface area contributed by atoms with Crippen molar-refractivity contribution in [1.82, 2.24) is 0 Å². The van der Waals surface area contributed by atoms with Crippen LogP contribution in [-0.2, 0) is 32.5 Å². The number of para-hydroxylation sites is 1. The molecule has 0 radical (unpaired) electrons. The number of benzene rings is 5. The standard InChI is InChI=1S/C52H59N/c1-47(2)23-26-50(7,8)44-31-40-36(28-41(44)47)34-19-16-20-45(46(34)52(40,11)12)53(32-17-14-13-15-18-32)33-21-22-38-35(27-33)37-29-42-43(30-39(37)51(38,9)10)49(5,6)25-24-48(42,3)4/h13-22,27-31H,23-26H2,1-12H3. The average Bonchev–Trinajstić information content (AvgIpc) is 3.47. The summed E-state index contributed by atoms with van der Waals surface area (Å²) in [6.45, 7) is 29.4. The molecule has 0 aromatic heterocycles. The maximum absolute atomic E-state index is 2.61. The Morgan fingerprint density at radius 2 is 0.830 bits per heavy atom. The SMILES string of the molecule is CC1(C)CCC(C)(C)c2cc3c(cc21)-c1cc(N(c2ccccc2)c2cccc4c2C(C)(C)c2cc5c(cc2-4)C(C)(C)CCC5(C)C)ccc1C3(C)C. The van der Waals surface area contributed by atoms with Crippen molar-refractivity contribution < 1.29 is 0 Å². The monoisotopic (exact) mass is 697 g/mol. The lowest BCUT2D eigenvalue weighted by Crippen LogP contribution is -2.34. The minimum atomic E-state index is -0.163. The average molecular weight is 698 g/mol. The molecule has 0 heterocycles. The van der Waals surface area contributed by atoms with Gasteiger partial charge in [-0.05, 0) is 157 Å². The highest BCUT2D eigenvalue weighted by atomic mass is 15.1. The second-order valence-corrected chi connectivity index (χ2v) is 20.8. The molecule has 1 heteroatoms. The van der Waals surface area contributed by atoms with Crippen LogP contribution in [0.2, 0.25) is 0 Å². The van der Waals surface area contributed by atoms with Gasteiger partial charge in [0, 0.05) is 22.2 Å². The molecule has 0 atom stereocenters. The van der Waals surface area contributed by atoms with E-state index in [9.17, 15) is 0 Å². The van der Waals surface area contributed by atoms with E-state index in [2.05, 4.69) is 179 Å². The molecule has 272 valence electrons. The predicted octanol–water partition coefficient (Wildman–Crippen LogP) is 14.5. The van der Waals surface area contributed by atoms with Gasteiger partial charge in [0.05, 0.1) is 5.69 Å². The number of rotatable bonds is 3. The second kappa shape index (κ2) is 10.8. The molecule has 0 N–H and O–H groups in total. The molecule has 0 saturated heterocycles. The third-order valence-electron chi connectivity index (χ3n) is 14.8. The Bertz CT molecular complexity index is 2340. The van der Waals surface area contributed by atoms with Gasteiger partial charge in [-0.2, -0.15) is 0 Å². The van der Waals surface area contributed by atoms with Crippen LogP contribution in [0.15, 0.2) is 91.0 Å². The fourth-order valence-corrected chi connectivity index (χ4v) is 11.0. The minimum absolute atomic E-state index is 0.0637. The van der Waals surface area contributed by atoms with Crippen LogP contribution in [-0.4, -0.2) is 0 Å². The van der Waals surface area contributed by atoms with Crippen molar-refractivity contribution in [1.29, 1.82) is 0 Å². The fourth-order valence-electron chi connectivity index (χ4n) is 11.0. The summed E-state index contributed by atoms with van der Waals surface area (Å²) in [6.07, 6.45) is 4.90. The highest BCUT2D eigenvalue weighted by Crippen LogP contribution is 2.59. The van der Waals surface area contributed by atoms with E-state index < -0.39 is 0 Å². The Balaban J connectivity index is 1.26. The van der Waals surface area contributed by atoms with Gasteiger partial charge >= 0.3 is 0 Å². The molecule has 4 aliphatic rings. The lowest BCUT2D eigenvalue weighted by Gasteiger charge is -2.42. The first-order valence-electron chi connectivity index (χ1n) is 20.3. The molecule has 0 aliphatic heterocycles. The van der Waals surface area contributed by atoms with Crippen LogP contribution in [0, 0.1) is 0 Å². The van der Waals surface area contributed by atoms with Crippen LogP contribution >= 0.6 is 0 Å². The van der Waals surface area contributed by atoms with Gasteiger partial charge in [-0.1, -0.05) is 132 Å². The Morgan fingerprint density at radius 3 is 1.38 bits per heavy atom. The molecule has 9 rings (SSSR count). The summed E-state index contributed by atoms with van der Waals surface area (Å²) in [7, 11) is 0. The van der Waals surface area contributed by atoms with E-state index in [4.69, 9.17) is 0 Å². The normalized spacial score (nSPS) is 21.1. The summed E-state index contributed by atoms with van der Waals surface area (Å²) in [5.74, 6) is 0. The van der Waals surface area contributed by atoms with Gasteiger partial charge in [0.1, 0.15) is 0 Å². The van der Waals surface area contributed by atoms with Gasteiger partial charge in [0.25, 0.3) is 0 Å². The van der Waals surface area contributed by atoms with Gasteiger partial charge in [-0.3, -0.25) is 0 Å². The number of hydrogen-bond acceptors (Lipinski definition) is 1. The van der Waals surface area contributed by atoms with Crippen molar-refractivity contribution >= 4 is 17.1 Å². The van der Waals surface area contributed by atoms with E-state index >= 15 is 0 Å². The van der Waals surface area contributed by atoms with Crippen molar-refractivity contribution in [2.45, 2.75) is 141 Å². The van der Waals surface area contributed by atoms with Crippen LogP contribution in [0.25, 0.3) is 22.3 Å². The van der Waals surface area contributed by atoms with E-state index in [-0.39, 0.29) is 32.5 Å². The smallest absolute Gasteiger partial charge is 0.0508 e. The zero-order chi connectivity index (χ0) is 37.7. The first kappa shape index (κ1) is 34.7. The lowest BCUT2D eigenvalue weighted by atomic mass is 9.62. The van der Waals surface area contributed by atoms with E-state index in [1.807, 2.05) is 0 Å². The summed E-state index contributed by atoms with van der Waals surface area (Å²) < 4.78 is 0. The molecular formula is C52H59N. The third kappa shape index (κ3) is 4.81.